The van der Waals surface area contributed by atoms with Crippen molar-refractivity contribution in [2.75, 3.05) is 39.3 Å². The quantitative estimate of drug-likeness (QED) is 0.718. The highest BCUT2D eigenvalue weighted by Crippen LogP contribution is 2.36. The van der Waals surface area contributed by atoms with E-state index in [-0.39, 0.29) is 6.09 Å². The average molecular weight is 406 g/mol. The minimum Gasteiger partial charge on any atom is -0.450 e. The maximum absolute atomic E-state index is 12.8. The average Bonchev–Trinajstić information content (AvgIpc) is 3.04. The third kappa shape index (κ3) is 4.73. The maximum atomic E-state index is 12.8. The highest BCUT2D eigenvalue weighted by Gasteiger charge is 2.40. The number of rotatable bonds is 4. The summed E-state index contributed by atoms with van der Waals surface area (Å²) in [6.07, 6.45) is 11.5. The maximum Gasteiger partial charge on any atom is 0.409 e. The number of hydrogen-bond acceptors (Lipinski definition) is 4. The minimum atomic E-state index is -0.149. The van der Waals surface area contributed by atoms with Crippen LogP contribution in [0.2, 0.25) is 0 Å². The van der Waals surface area contributed by atoms with Crippen LogP contribution in [-0.2, 0) is 9.53 Å². The van der Waals surface area contributed by atoms with Gasteiger partial charge in [0.25, 0.3) is 0 Å². The van der Waals surface area contributed by atoms with Crippen molar-refractivity contribution in [1.82, 2.24) is 14.7 Å². The van der Waals surface area contributed by atoms with Gasteiger partial charge in [-0.25, -0.2) is 4.79 Å². The molecular formula is C23H39N3O3. The summed E-state index contributed by atoms with van der Waals surface area (Å²) in [7, 11) is 0. The molecule has 164 valence electrons. The zero-order chi connectivity index (χ0) is 20.2. The van der Waals surface area contributed by atoms with Crippen LogP contribution in [0.1, 0.15) is 71.1 Å². The first kappa shape index (κ1) is 21.0. The van der Waals surface area contributed by atoms with Crippen LogP contribution < -0.4 is 0 Å². The summed E-state index contributed by atoms with van der Waals surface area (Å²) in [6.45, 7) is 7.25. The standard InChI is InChI=1S/C23H39N3O3/c1-2-29-23(28)25-13-4-8-20(12-17-25)24-15-10-18(11-16-24)21-9-5-14-26(21)22(27)19-6-3-7-19/h18-21H,2-17H2,1H3. The number of amides is 2. The van der Waals surface area contributed by atoms with Gasteiger partial charge in [0.1, 0.15) is 0 Å². The third-order valence-electron chi connectivity index (χ3n) is 7.90. The molecule has 1 saturated carbocycles. The number of likely N-dealkylation sites (tertiary alicyclic amines) is 3. The molecule has 2 unspecified atom stereocenters. The first-order valence-corrected chi connectivity index (χ1v) is 12.1. The Morgan fingerprint density at radius 1 is 0.828 bits per heavy atom. The molecule has 4 rings (SSSR count). The van der Waals surface area contributed by atoms with Crippen molar-refractivity contribution in [1.29, 1.82) is 0 Å². The van der Waals surface area contributed by atoms with Crippen LogP contribution in [0.15, 0.2) is 0 Å². The molecule has 4 fully saturated rings. The molecule has 2 amide bonds. The second kappa shape index (κ2) is 9.67. The Kier molecular flexibility index (Phi) is 6.99. The van der Waals surface area contributed by atoms with E-state index in [1.165, 1.54) is 38.5 Å². The van der Waals surface area contributed by atoms with Gasteiger partial charge in [-0.15, -0.1) is 0 Å². The third-order valence-corrected chi connectivity index (χ3v) is 7.90. The molecule has 0 spiro atoms. The van der Waals surface area contributed by atoms with Gasteiger partial charge in [0, 0.05) is 37.6 Å². The Hall–Kier alpha value is -1.30. The van der Waals surface area contributed by atoms with Gasteiger partial charge in [-0.3, -0.25) is 4.79 Å². The van der Waals surface area contributed by atoms with Crippen molar-refractivity contribution >= 4 is 12.0 Å². The highest BCUT2D eigenvalue weighted by atomic mass is 16.6. The first-order chi connectivity index (χ1) is 14.2. The molecule has 6 heteroatoms. The fourth-order valence-electron chi connectivity index (χ4n) is 5.96. The lowest BCUT2D eigenvalue weighted by Gasteiger charge is -2.42. The summed E-state index contributed by atoms with van der Waals surface area (Å²) < 4.78 is 5.19. The van der Waals surface area contributed by atoms with Gasteiger partial charge in [-0.1, -0.05) is 6.42 Å². The first-order valence-electron chi connectivity index (χ1n) is 12.1. The van der Waals surface area contributed by atoms with Gasteiger partial charge < -0.3 is 19.4 Å². The summed E-state index contributed by atoms with van der Waals surface area (Å²) in [5, 5.41) is 0. The van der Waals surface area contributed by atoms with Crippen molar-refractivity contribution in [2.24, 2.45) is 11.8 Å². The van der Waals surface area contributed by atoms with Crippen molar-refractivity contribution < 1.29 is 14.3 Å². The van der Waals surface area contributed by atoms with Gasteiger partial charge >= 0.3 is 6.09 Å². The van der Waals surface area contributed by atoms with Crippen molar-refractivity contribution in [3.05, 3.63) is 0 Å². The van der Waals surface area contributed by atoms with E-state index in [0.29, 0.717) is 36.4 Å². The zero-order valence-electron chi connectivity index (χ0n) is 18.2. The number of piperidine rings is 1. The molecule has 4 aliphatic rings. The summed E-state index contributed by atoms with van der Waals surface area (Å²) in [5.74, 6) is 1.48. The van der Waals surface area contributed by atoms with Gasteiger partial charge in [0.2, 0.25) is 5.91 Å². The Morgan fingerprint density at radius 2 is 1.59 bits per heavy atom. The Morgan fingerprint density at radius 3 is 2.28 bits per heavy atom. The molecule has 0 radical (unpaired) electrons. The number of carbonyl (C=O) groups excluding carboxylic acids is 2. The minimum absolute atomic E-state index is 0.149. The second-order valence-corrected chi connectivity index (χ2v) is 9.51. The molecule has 1 aliphatic carbocycles. The normalized spacial score (nSPS) is 30.1. The van der Waals surface area contributed by atoms with Crippen LogP contribution in [0.4, 0.5) is 4.79 Å². The Bertz CT molecular complexity index is 572. The lowest BCUT2D eigenvalue weighted by Crippen LogP contribution is -2.49. The van der Waals surface area contributed by atoms with Crippen molar-refractivity contribution in [2.45, 2.75) is 83.2 Å². The van der Waals surface area contributed by atoms with Crippen LogP contribution in [0.3, 0.4) is 0 Å². The fraction of sp³-hybridized carbons (Fsp3) is 0.913. The SMILES string of the molecule is CCOC(=O)N1CCCC(N2CCC(C3CCCN3C(=O)C3CCC3)CC2)CC1. The molecule has 6 nitrogen and oxygen atoms in total. The molecule has 3 heterocycles. The molecule has 0 aromatic heterocycles. The molecule has 0 aromatic rings. The summed E-state index contributed by atoms with van der Waals surface area (Å²) in [5.41, 5.74) is 0. The van der Waals surface area contributed by atoms with Crippen molar-refractivity contribution in [3.8, 4) is 0 Å². The molecule has 0 bridgehead atoms. The van der Waals surface area contributed by atoms with Crippen LogP contribution in [0.25, 0.3) is 0 Å². The lowest BCUT2D eigenvalue weighted by molar-refractivity contribution is -0.140. The topological polar surface area (TPSA) is 53.1 Å². The Labute approximate surface area is 175 Å². The van der Waals surface area contributed by atoms with Gasteiger partial charge in [-0.2, -0.15) is 0 Å². The lowest BCUT2D eigenvalue weighted by atomic mass is 9.82. The van der Waals surface area contributed by atoms with E-state index < -0.39 is 0 Å². The van der Waals surface area contributed by atoms with Crippen LogP contribution in [0, 0.1) is 11.8 Å². The predicted molar refractivity (Wildman–Crippen MR) is 113 cm³/mol. The molecule has 3 saturated heterocycles. The number of nitrogens with zero attached hydrogens (tertiary/aromatic N) is 3. The van der Waals surface area contributed by atoms with E-state index in [1.807, 2.05) is 11.8 Å². The van der Waals surface area contributed by atoms with E-state index in [2.05, 4.69) is 9.80 Å². The van der Waals surface area contributed by atoms with Gasteiger partial charge in [0.05, 0.1) is 6.61 Å². The molecule has 2 atom stereocenters. The summed E-state index contributed by atoms with van der Waals surface area (Å²) in [4.78, 5) is 31.7. The molecule has 0 N–H and O–H groups in total. The zero-order valence-corrected chi connectivity index (χ0v) is 18.2. The molecular weight excluding hydrogens is 366 g/mol. The van der Waals surface area contributed by atoms with E-state index in [0.717, 1.165) is 58.4 Å². The van der Waals surface area contributed by atoms with Crippen LogP contribution in [-0.4, -0.2) is 78.1 Å². The smallest absolute Gasteiger partial charge is 0.409 e. The summed E-state index contributed by atoms with van der Waals surface area (Å²) >= 11 is 0. The van der Waals surface area contributed by atoms with Gasteiger partial charge in [-0.05, 0) is 83.7 Å². The van der Waals surface area contributed by atoms with Gasteiger partial charge in [0.15, 0.2) is 0 Å². The van der Waals surface area contributed by atoms with Crippen molar-refractivity contribution in [3.63, 3.8) is 0 Å². The molecule has 3 aliphatic heterocycles. The molecule has 0 aromatic carbocycles. The summed E-state index contributed by atoms with van der Waals surface area (Å²) in [6, 6.07) is 1.09. The van der Waals surface area contributed by atoms with E-state index in [4.69, 9.17) is 4.74 Å². The number of ether oxygens (including phenoxy) is 1. The van der Waals surface area contributed by atoms with E-state index in [1.54, 1.807) is 0 Å². The predicted octanol–water partition coefficient (Wildman–Crippen LogP) is 3.50. The highest BCUT2D eigenvalue weighted by molar-refractivity contribution is 5.80. The molecule has 29 heavy (non-hydrogen) atoms. The second-order valence-electron chi connectivity index (χ2n) is 9.51. The fourth-order valence-corrected chi connectivity index (χ4v) is 5.96. The van der Waals surface area contributed by atoms with Crippen LogP contribution in [0.5, 0.6) is 0 Å². The van der Waals surface area contributed by atoms with E-state index >= 15 is 0 Å². The number of carbonyl (C=O) groups is 2. The monoisotopic (exact) mass is 405 g/mol. The van der Waals surface area contributed by atoms with Crippen LogP contribution >= 0.6 is 0 Å². The number of hydrogen-bond donors (Lipinski definition) is 0. The van der Waals surface area contributed by atoms with E-state index in [9.17, 15) is 9.59 Å². The largest absolute Gasteiger partial charge is 0.450 e. The Balaban J connectivity index is 1.26.